The molecule has 1 amide bonds. The molecular weight excluding hydrogens is 424 g/mol. The fraction of sp³-hybridized carbons (Fsp3) is 0.292. The van der Waals surface area contributed by atoms with Crippen molar-refractivity contribution in [1.82, 2.24) is 4.98 Å². The minimum atomic E-state index is -0.141. The number of ether oxygens (including phenoxy) is 2. The second-order valence-electron chi connectivity index (χ2n) is 7.78. The highest BCUT2D eigenvalue weighted by molar-refractivity contribution is 8.00. The highest BCUT2D eigenvalue weighted by Gasteiger charge is 2.17. The van der Waals surface area contributed by atoms with Crippen molar-refractivity contribution in [3.8, 4) is 17.6 Å². The quantitative estimate of drug-likeness (QED) is 0.575. The highest BCUT2D eigenvalue weighted by Crippen LogP contribution is 2.37. The highest BCUT2D eigenvalue weighted by atomic mass is 32.2. The number of amides is 1. The van der Waals surface area contributed by atoms with Gasteiger partial charge in [0, 0.05) is 35.9 Å². The Bertz CT molecular complexity index is 1200. The third-order valence-corrected chi connectivity index (χ3v) is 6.60. The average molecular weight is 447 g/mol. The van der Waals surface area contributed by atoms with Crippen molar-refractivity contribution < 1.29 is 14.3 Å². The van der Waals surface area contributed by atoms with Gasteiger partial charge >= 0.3 is 0 Å². The molecule has 0 unspecified atom stereocenters. The van der Waals surface area contributed by atoms with Crippen LogP contribution in [0.1, 0.15) is 24.8 Å². The molecule has 162 valence electrons. The largest absolute Gasteiger partial charge is 0.454 e. The van der Waals surface area contributed by atoms with Crippen molar-refractivity contribution in [2.45, 2.75) is 24.3 Å². The van der Waals surface area contributed by atoms with Gasteiger partial charge in [0.15, 0.2) is 11.5 Å². The first-order valence-corrected chi connectivity index (χ1v) is 11.6. The lowest BCUT2D eigenvalue weighted by molar-refractivity contribution is -0.113. The van der Waals surface area contributed by atoms with Crippen LogP contribution in [-0.4, -0.2) is 36.5 Å². The van der Waals surface area contributed by atoms with Gasteiger partial charge in [-0.3, -0.25) is 4.79 Å². The standard InChI is InChI=1S/C24H22N4O3S/c25-13-17-10-16-11-21-22(31-15-30-21)12-20(16)27-24(17)32-14-23(29)26-18-4-6-19(7-5-18)28-8-2-1-3-9-28/h4-7,10-12H,1-3,8-9,14-15H2,(H,26,29). The normalized spacial score (nSPS) is 14.9. The molecule has 0 bridgehead atoms. The van der Waals surface area contributed by atoms with Gasteiger partial charge in [-0.05, 0) is 55.7 Å². The van der Waals surface area contributed by atoms with Crippen LogP contribution in [0.4, 0.5) is 11.4 Å². The monoisotopic (exact) mass is 446 g/mol. The molecule has 7 nitrogen and oxygen atoms in total. The van der Waals surface area contributed by atoms with Crippen LogP contribution >= 0.6 is 11.8 Å². The Labute approximate surface area is 190 Å². The van der Waals surface area contributed by atoms with E-state index >= 15 is 0 Å². The van der Waals surface area contributed by atoms with Gasteiger partial charge in [0.05, 0.1) is 16.8 Å². The molecule has 0 saturated carbocycles. The topological polar surface area (TPSA) is 87.5 Å². The van der Waals surface area contributed by atoms with E-state index in [1.807, 2.05) is 18.2 Å². The van der Waals surface area contributed by atoms with Crippen molar-refractivity contribution in [2.75, 3.05) is 35.9 Å². The number of anilines is 2. The first-order chi connectivity index (χ1) is 15.7. The van der Waals surface area contributed by atoms with Crippen LogP contribution in [-0.2, 0) is 4.79 Å². The minimum Gasteiger partial charge on any atom is -0.454 e. The van der Waals surface area contributed by atoms with Gasteiger partial charge in [-0.1, -0.05) is 11.8 Å². The smallest absolute Gasteiger partial charge is 0.234 e. The average Bonchev–Trinajstić information content (AvgIpc) is 3.29. The predicted molar refractivity (Wildman–Crippen MR) is 124 cm³/mol. The van der Waals surface area contributed by atoms with E-state index in [0.29, 0.717) is 27.6 Å². The van der Waals surface area contributed by atoms with Gasteiger partial charge in [-0.2, -0.15) is 5.26 Å². The number of piperidine rings is 1. The zero-order valence-electron chi connectivity index (χ0n) is 17.5. The first-order valence-electron chi connectivity index (χ1n) is 10.6. The van der Waals surface area contributed by atoms with Crippen LogP contribution in [0, 0.1) is 11.3 Å². The number of nitrogens with one attached hydrogen (secondary N) is 1. The SMILES string of the molecule is N#Cc1cc2cc3c(cc2nc1SCC(=O)Nc1ccc(N2CCCCC2)cc1)OCO3. The number of hydrogen-bond acceptors (Lipinski definition) is 7. The fourth-order valence-corrected chi connectivity index (χ4v) is 4.74. The Morgan fingerprint density at radius 2 is 1.84 bits per heavy atom. The summed E-state index contributed by atoms with van der Waals surface area (Å²) in [5.41, 5.74) is 3.08. The number of nitrogens with zero attached hydrogens (tertiary/aromatic N) is 3. The summed E-state index contributed by atoms with van der Waals surface area (Å²) in [4.78, 5) is 19.5. The van der Waals surface area contributed by atoms with E-state index < -0.39 is 0 Å². The zero-order valence-corrected chi connectivity index (χ0v) is 18.3. The molecule has 3 aromatic rings. The van der Waals surface area contributed by atoms with Gasteiger partial charge in [-0.15, -0.1) is 0 Å². The third-order valence-electron chi connectivity index (χ3n) is 5.61. The summed E-state index contributed by atoms with van der Waals surface area (Å²) in [5.74, 6) is 1.30. The molecule has 2 aliphatic rings. The summed E-state index contributed by atoms with van der Waals surface area (Å²) >= 11 is 1.25. The Morgan fingerprint density at radius 1 is 1.09 bits per heavy atom. The molecular formula is C24H22N4O3S. The van der Waals surface area contributed by atoms with Gasteiger partial charge in [0.2, 0.25) is 12.7 Å². The number of carbonyl (C=O) groups is 1. The van der Waals surface area contributed by atoms with Gasteiger partial charge in [0.1, 0.15) is 11.1 Å². The van der Waals surface area contributed by atoms with Crippen LogP contribution < -0.4 is 19.7 Å². The molecule has 1 saturated heterocycles. The second kappa shape index (κ2) is 8.97. The number of thioether (sulfide) groups is 1. The molecule has 1 fully saturated rings. The predicted octanol–water partition coefficient (Wildman–Crippen LogP) is 4.56. The number of hydrogen-bond donors (Lipinski definition) is 1. The Kier molecular flexibility index (Phi) is 5.73. The Hall–Kier alpha value is -3.44. The Morgan fingerprint density at radius 3 is 2.59 bits per heavy atom. The number of pyridine rings is 1. The van der Waals surface area contributed by atoms with Crippen molar-refractivity contribution in [3.05, 3.63) is 48.0 Å². The maximum Gasteiger partial charge on any atom is 0.234 e. The number of benzene rings is 2. The molecule has 32 heavy (non-hydrogen) atoms. The molecule has 2 aliphatic heterocycles. The number of fused-ring (bicyclic) bond motifs is 2. The van der Waals surface area contributed by atoms with Gasteiger partial charge < -0.3 is 19.7 Å². The maximum absolute atomic E-state index is 12.5. The molecule has 0 spiro atoms. The molecule has 3 heterocycles. The molecule has 0 atom stereocenters. The molecule has 2 aromatic carbocycles. The fourth-order valence-electron chi connectivity index (χ4n) is 3.98. The summed E-state index contributed by atoms with van der Waals surface area (Å²) in [5, 5.41) is 13.8. The van der Waals surface area contributed by atoms with E-state index in [9.17, 15) is 10.1 Å². The number of carbonyl (C=O) groups excluding carboxylic acids is 1. The summed E-state index contributed by atoms with van der Waals surface area (Å²) in [7, 11) is 0. The molecule has 1 aromatic heterocycles. The Balaban J connectivity index is 1.24. The van der Waals surface area contributed by atoms with E-state index in [1.165, 1.54) is 36.7 Å². The molecule has 0 aliphatic carbocycles. The van der Waals surface area contributed by atoms with Crippen LogP contribution in [0.5, 0.6) is 11.5 Å². The molecule has 8 heteroatoms. The van der Waals surface area contributed by atoms with Crippen LogP contribution in [0.25, 0.3) is 10.9 Å². The lowest BCUT2D eigenvalue weighted by atomic mass is 10.1. The number of aromatic nitrogens is 1. The van der Waals surface area contributed by atoms with E-state index in [2.05, 4.69) is 33.4 Å². The third kappa shape index (κ3) is 4.30. The maximum atomic E-state index is 12.5. The van der Waals surface area contributed by atoms with E-state index in [-0.39, 0.29) is 18.5 Å². The van der Waals surface area contributed by atoms with Gasteiger partial charge in [0.25, 0.3) is 0 Å². The van der Waals surface area contributed by atoms with E-state index in [4.69, 9.17) is 9.47 Å². The van der Waals surface area contributed by atoms with Crippen LogP contribution in [0.15, 0.2) is 47.5 Å². The van der Waals surface area contributed by atoms with E-state index in [0.717, 1.165) is 24.2 Å². The summed E-state index contributed by atoms with van der Waals surface area (Å²) in [6.07, 6.45) is 3.76. The lowest BCUT2D eigenvalue weighted by Crippen LogP contribution is -2.29. The second-order valence-corrected chi connectivity index (χ2v) is 8.75. The number of nitriles is 1. The summed E-state index contributed by atoms with van der Waals surface area (Å²) in [6.45, 7) is 2.35. The molecule has 0 radical (unpaired) electrons. The molecule has 5 rings (SSSR count). The lowest BCUT2D eigenvalue weighted by Gasteiger charge is -2.28. The number of rotatable bonds is 5. The van der Waals surface area contributed by atoms with Gasteiger partial charge in [-0.25, -0.2) is 4.98 Å². The van der Waals surface area contributed by atoms with Crippen LogP contribution in [0.3, 0.4) is 0 Å². The van der Waals surface area contributed by atoms with Crippen molar-refractivity contribution in [2.24, 2.45) is 0 Å². The first kappa shape index (κ1) is 20.5. The summed E-state index contributed by atoms with van der Waals surface area (Å²) < 4.78 is 10.8. The van der Waals surface area contributed by atoms with Crippen LogP contribution in [0.2, 0.25) is 0 Å². The van der Waals surface area contributed by atoms with Crippen molar-refractivity contribution in [1.29, 1.82) is 5.26 Å². The van der Waals surface area contributed by atoms with Crippen molar-refractivity contribution in [3.63, 3.8) is 0 Å². The summed E-state index contributed by atoms with van der Waals surface area (Å²) in [6, 6.07) is 15.5. The molecule has 1 N–H and O–H groups in total. The minimum absolute atomic E-state index is 0.141. The van der Waals surface area contributed by atoms with Crippen molar-refractivity contribution >= 4 is 39.9 Å². The zero-order chi connectivity index (χ0) is 21.9. The van der Waals surface area contributed by atoms with E-state index in [1.54, 1.807) is 12.1 Å².